The zero-order chi connectivity index (χ0) is 35.9. The van der Waals surface area contributed by atoms with Crippen LogP contribution in [0.5, 0.6) is 11.5 Å². The molecule has 2 aliphatic heterocycles. The number of hydrogen-bond acceptors (Lipinski definition) is 10. The molecular formula is C40H54N2O9. The standard InChI is InChI=1S/C40H54N2O9/c1-4-34(43)29-51-40(50-28-32-12-17-38-37(26-32)41(21-25-48-38)19-8-22-45-2)30-42(39(44)49-27-31-10-6-5-7-11-31)20-18-36(40)33-13-15-35(16-14-33)47-24-9-23-46-3/h5-7,10-17,26,34,36,43H,4,8-9,18-25,27-30H2,1-3H3/t34-,36-,40+/m1/s1. The number of anilines is 1. The molecule has 0 aromatic heterocycles. The molecule has 0 aliphatic carbocycles. The Morgan fingerprint density at radius 1 is 0.922 bits per heavy atom. The Morgan fingerprint density at radius 2 is 1.71 bits per heavy atom. The lowest BCUT2D eigenvalue weighted by Crippen LogP contribution is -2.58. The Morgan fingerprint density at radius 3 is 2.47 bits per heavy atom. The molecule has 3 aromatic rings. The van der Waals surface area contributed by atoms with E-state index >= 15 is 0 Å². The van der Waals surface area contributed by atoms with E-state index in [1.807, 2.05) is 73.7 Å². The van der Waals surface area contributed by atoms with Gasteiger partial charge in [-0.3, -0.25) is 0 Å². The maximum atomic E-state index is 13.6. The Labute approximate surface area is 302 Å². The minimum absolute atomic E-state index is 0.0475. The van der Waals surface area contributed by atoms with Crippen LogP contribution in [-0.2, 0) is 36.9 Å². The van der Waals surface area contributed by atoms with Crippen LogP contribution in [0.3, 0.4) is 0 Å². The smallest absolute Gasteiger partial charge is 0.410 e. The van der Waals surface area contributed by atoms with Gasteiger partial charge in [0, 0.05) is 52.9 Å². The molecule has 1 N–H and O–H groups in total. The molecule has 11 heteroatoms. The first-order valence-corrected chi connectivity index (χ1v) is 18.1. The summed E-state index contributed by atoms with van der Waals surface area (Å²) in [5.74, 6) is 0.0588. The summed E-state index contributed by atoms with van der Waals surface area (Å²) in [5, 5.41) is 10.7. The predicted octanol–water partition coefficient (Wildman–Crippen LogP) is 6.16. The van der Waals surface area contributed by atoms with Gasteiger partial charge in [0.1, 0.15) is 24.7 Å². The summed E-state index contributed by atoms with van der Waals surface area (Å²) in [6, 6.07) is 23.7. The molecule has 0 radical (unpaired) electrons. The molecule has 3 aromatic carbocycles. The summed E-state index contributed by atoms with van der Waals surface area (Å²) in [6.07, 6.45) is 1.63. The summed E-state index contributed by atoms with van der Waals surface area (Å²) in [7, 11) is 3.40. The lowest BCUT2D eigenvalue weighted by molar-refractivity contribution is -0.280. The molecule has 278 valence electrons. The number of amides is 1. The van der Waals surface area contributed by atoms with Crippen LogP contribution in [0, 0.1) is 0 Å². The summed E-state index contributed by atoms with van der Waals surface area (Å²) < 4.78 is 41.7. The van der Waals surface area contributed by atoms with Crippen LogP contribution in [0.4, 0.5) is 10.5 Å². The van der Waals surface area contributed by atoms with Gasteiger partial charge in [0.25, 0.3) is 0 Å². The first-order valence-electron chi connectivity index (χ1n) is 18.1. The first-order chi connectivity index (χ1) is 24.9. The van der Waals surface area contributed by atoms with E-state index in [-0.39, 0.29) is 32.3 Å². The van der Waals surface area contributed by atoms with E-state index in [0.717, 1.165) is 59.8 Å². The molecular weight excluding hydrogens is 652 g/mol. The van der Waals surface area contributed by atoms with Gasteiger partial charge in [0.2, 0.25) is 0 Å². The average molecular weight is 707 g/mol. The zero-order valence-corrected chi connectivity index (χ0v) is 30.3. The number of aliphatic hydroxyl groups is 1. The van der Waals surface area contributed by atoms with Gasteiger partial charge >= 0.3 is 6.09 Å². The van der Waals surface area contributed by atoms with Crippen molar-refractivity contribution in [1.29, 1.82) is 0 Å². The molecule has 2 heterocycles. The van der Waals surface area contributed by atoms with Crippen LogP contribution in [0.25, 0.3) is 0 Å². The van der Waals surface area contributed by atoms with Crippen molar-refractivity contribution in [2.45, 2.75) is 63.6 Å². The molecule has 51 heavy (non-hydrogen) atoms. The predicted molar refractivity (Wildman–Crippen MR) is 194 cm³/mol. The van der Waals surface area contributed by atoms with Gasteiger partial charge in [-0.1, -0.05) is 55.5 Å². The third-order valence-corrected chi connectivity index (χ3v) is 9.37. The second-order valence-electron chi connectivity index (χ2n) is 13.0. The number of nitrogens with zero attached hydrogens (tertiary/aromatic N) is 2. The Kier molecular flexibility index (Phi) is 14.8. The second-order valence-corrected chi connectivity index (χ2v) is 13.0. The fraction of sp³-hybridized carbons (Fsp3) is 0.525. The highest BCUT2D eigenvalue weighted by atomic mass is 16.7. The van der Waals surface area contributed by atoms with E-state index < -0.39 is 18.0 Å². The molecule has 5 rings (SSSR count). The van der Waals surface area contributed by atoms with Crippen molar-refractivity contribution in [2.24, 2.45) is 0 Å². The lowest BCUT2D eigenvalue weighted by Gasteiger charge is -2.47. The largest absolute Gasteiger partial charge is 0.494 e. The summed E-state index contributed by atoms with van der Waals surface area (Å²) in [6.45, 7) is 7.04. The molecule has 1 fully saturated rings. The minimum Gasteiger partial charge on any atom is -0.494 e. The number of benzene rings is 3. The number of hydrogen-bond donors (Lipinski definition) is 1. The van der Waals surface area contributed by atoms with Crippen molar-refractivity contribution >= 4 is 11.8 Å². The second kappa shape index (κ2) is 19.7. The van der Waals surface area contributed by atoms with Gasteiger partial charge in [-0.05, 0) is 60.2 Å². The fourth-order valence-corrected chi connectivity index (χ4v) is 6.47. The van der Waals surface area contributed by atoms with Crippen LogP contribution in [0.1, 0.15) is 55.2 Å². The molecule has 2 aliphatic rings. The van der Waals surface area contributed by atoms with Crippen molar-refractivity contribution in [1.82, 2.24) is 4.90 Å². The number of piperidine rings is 1. The fourth-order valence-electron chi connectivity index (χ4n) is 6.47. The van der Waals surface area contributed by atoms with Gasteiger partial charge in [-0.25, -0.2) is 4.79 Å². The van der Waals surface area contributed by atoms with E-state index in [9.17, 15) is 9.90 Å². The molecule has 3 atom stereocenters. The molecule has 0 bridgehead atoms. The Bertz CT molecular complexity index is 1470. The number of likely N-dealkylation sites (tertiary alicyclic amines) is 1. The van der Waals surface area contributed by atoms with Crippen molar-refractivity contribution in [2.75, 3.05) is 78.3 Å². The molecule has 0 unspecified atom stereocenters. The van der Waals surface area contributed by atoms with E-state index in [0.29, 0.717) is 45.8 Å². The topological polar surface area (TPSA) is 108 Å². The minimum atomic E-state index is -1.29. The Hall–Kier alpha value is -3.87. The highest BCUT2D eigenvalue weighted by Crippen LogP contribution is 2.42. The number of carbonyl (C=O) groups excluding carboxylic acids is 1. The third-order valence-electron chi connectivity index (χ3n) is 9.37. The molecule has 11 nitrogen and oxygen atoms in total. The Balaban J connectivity index is 1.41. The number of rotatable bonds is 19. The van der Waals surface area contributed by atoms with Crippen LogP contribution in [0.15, 0.2) is 72.8 Å². The molecule has 1 amide bonds. The molecule has 0 spiro atoms. The maximum absolute atomic E-state index is 13.6. The van der Waals surface area contributed by atoms with E-state index in [1.54, 1.807) is 19.1 Å². The average Bonchev–Trinajstić information content (AvgIpc) is 3.17. The maximum Gasteiger partial charge on any atom is 0.410 e. The normalized spacial score (nSPS) is 19.3. The highest BCUT2D eigenvalue weighted by molar-refractivity contribution is 5.68. The van der Waals surface area contributed by atoms with E-state index in [2.05, 4.69) is 11.0 Å². The summed E-state index contributed by atoms with van der Waals surface area (Å²) in [5.41, 5.74) is 3.85. The molecule has 1 saturated heterocycles. The van der Waals surface area contributed by atoms with E-state index in [1.165, 1.54) is 0 Å². The van der Waals surface area contributed by atoms with Crippen molar-refractivity contribution in [3.63, 3.8) is 0 Å². The summed E-state index contributed by atoms with van der Waals surface area (Å²) in [4.78, 5) is 17.5. The number of methoxy groups -OCH3 is 2. The SMILES string of the molecule is CC[C@@H](O)CO[C@@]1(OCc2ccc3c(c2)N(CCCOC)CCO3)CN(C(=O)OCc2ccccc2)CC[C@@H]1c1ccc(OCCCOC)cc1. The van der Waals surface area contributed by atoms with Crippen molar-refractivity contribution in [3.05, 3.63) is 89.5 Å². The van der Waals surface area contributed by atoms with Crippen LogP contribution >= 0.6 is 0 Å². The highest BCUT2D eigenvalue weighted by Gasteiger charge is 2.48. The first kappa shape index (κ1) is 38.4. The van der Waals surface area contributed by atoms with Gasteiger partial charge in [-0.15, -0.1) is 0 Å². The number of carbonyl (C=O) groups is 1. The van der Waals surface area contributed by atoms with Crippen LogP contribution in [-0.4, -0.2) is 101 Å². The van der Waals surface area contributed by atoms with Crippen LogP contribution in [0.2, 0.25) is 0 Å². The monoisotopic (exact) mass is 706 g/mol. The third kappa shape index (κ3) is 10.8. The lowest BCUT2D eigenvalue weighted by atomic mass is 9.83. The van der Waals surface area contributed by atoms with Crippen molar-refractivity contribution < 1.29 is 43.1 Å². The number of fused-ring (bicyclic) bond motifs is 1. The van der Waals surface area contributed by atoms with Crippen molar-refractivity contribution in [3.8, 4) is 11.5 Å². The van der Waals surface area contributed by atoms with Crippen LogP contribution < -0.4 is 14.4 Å². The van der Waals surface area contributed by atoms with E-state index in [4.69, 9.17) is 33.2 Å². The summed E-state index contributed by atoms with van der Waals surface area (Å²) >= 11 is 0. The zero-order valence-electron chi connectivity index (χ0n) is 30.3. The van der Waals surface area contributed by atoms with Gasteiger partial charge in [-0.2, -0.15) is 0 Å². The molecule has 0 saturated carbocycles. The van der Waals surface area contributed by atoms with Gasteiger partial charge in [0.05, 0.1) is 44.7 Å². The number of ether oxygens (including phenoxy) is 7. The number of aliphatic hydroxyl groups excluding tert-OH is 1. The van der Waals surface area contributed by atoms with Gasteiger partial charge < -0.3 is 48.1 Å². The quantitative estimate of drug-likeness (QED) is 0.115. The van der Waals surface area contributed by atoms with Gasteiger partial charge in [0.15, 0.2) is 5.79 Å².